The fourth-order valence-electron chi connectivity index (χ4n) is 2.62. The van der Waals surface area contributed by atoms with Crippen LogP contribution in [0.15, 0.2) is 47.4 Å². The van der Waals surface area contributed by atoms with Gasteiger partial charge in [-0.3, -0.25) is 4.79 Å². The van der Waals surface area contributed by atoms with Crippen LogP contribution in [-0.2, 0) is 4.79 Å². The van der Waals surface area contributed by atoms with Gasteiger partial charge < -0.3 is 14.8 Å². The van der Waals surface area contributed by atoms with Crippen molar-refractivity contribution < 1.29 is 14.3 Å². The molecule has 1 aliphatic rings. The van der Waals surface area contributed by atoms with Crippen LogP contribution in [0.1, 0.15) is 16.7 Å². The van der Waals surface area contributed by atoms with Crippen molar-refractivity contribution in [2.75, 3.05) is 13.2 Å². The highest BCUT2D eigenvalue weighted by atomic mass is 32.2. The number of benzene rings is 2. The molecule has 0 radical (unpaired) electrons. The van der Waals surface area contributed by atoms with Crippen molar-refractivity contribution in [2.24, 2.45) is 0 Å². The van der Waals surface area contributed by atoms with Crippen LogP contribution in [0.5, 0.6) is 11.5 Å². The van der Waals surface area contributed by atoms with Gasteiger partial charge in [-0.25, -0.2) is 0 Å². The van der Waals surface area contributed by atoms with E-state index in [2.05, 4.69) is 5.32 Å². The summed E-state index contributed by atoms with van der Waals surface area (Å²) < 4.78 is 12.2. The molecule has 6 heteroatoms. The zero-order chi connectivity index (χ0) is 18.5. The summed E-state index contributed by atoms with van der Waals surface area (Å²) in [4.78, 5) is 12.4. The quantitative estimate of drug-likeness (QED) is 0.458. The van der Waals surface area contributed by atoms with Crippen molar-refractivity contribution >= 4 is 40.3 Å². The Morgan fingerprint density at radius 3 is 2.42 bits per heavy atom. The van der Waals surface area contributed by atoms with E-state index in [9.17, 15) is 4.79 Å². The van der Waals surface area contributed by atoms with Crippen LogP contribution in [-0.4, -0.2) is 23.4 Å². The minimum atomic E-state index is -0.173. The SMILES string of the molecule is Cc1cccc(C)c1OCCOc1ccccc1/C=C1\SC(=S)NC1=O. The number of aryl methyl sites for hydroxylation is 2. The predicted molar refractivity (Wildman–Crippen MR) is 110 cm³/mol. The van der Waals surface area contributed by atoms with Gasteiger partial charge >= 0.3 is 0 Å². The molecule has 26 heavy (non-hydrogen) atoms. The molecular weight excluding hydrogens is 366 g/mol. The van der Waals surface area contributed by atoms with Gasteiger partial charge in [0, 0.05) is 5.56 Å². The average molecular weight is 386 g/mol. The van der Waals surface area contributed by atoms with E-state index in [0.29, 0.717) is 28.2 Å². The molecule has 0 atom stereocenters. The zero-order valence-corrected chi connectivity index (χ0v) is 16.2. The second-order valence-electron chi connectivity index (χ2n) is 5.81. The fraction of sp³-hybridized carbons (Fsp3) is 0.200. The van der Waals surface area contributed by atoms with E-state index < -0.39 is 0 Å². The smallest absolute Gasteiger partial charge is 0.263 e. The van der Waals surface area contributed by atoms with Gasteiger partial charge in [0.25, 0.3) is 5.91 Å². The number of carbonyl (C=O) groups is 1. The van der Waals surface area contributed by atoms with Gasteiger partial charge in [0.05, 0.1) is 4.91 Å². The molecule has 2 aromatic carbocycles. The number of amides is 1. The van der Waals surface area contributed by atoms with E-state index in [1.165, 1.54) is 11.8 Å². The molecule has 1 aliphatic heterocycles. The highest BCUT2D eigenvalue weighted by Gasteiger charge is 2.22. The Hall–Kier alpha value is -2.31. The summed E-state index contributed by atoms with van der Waals surface area (Å²) >= 11 is 6.28. The number of hydrogen-bond donors (Lipinski definition) is 1. The largest absolute Gasteiger partial charge is 0.489 e. The van der Waals surface area contributed by atoms with Crippen molar-refractivity contribution in [2.45, 2.75) is 13.8 Å². The Balaban J connectivity index is 1.63. The van der Waals surface area contributed by atoms with E-state index in [1.54, 1.807) is 6.08 Å². The molecule has 3 rings (SSSR count). The van der Waals surface area contributed by atoms with Crippen molar-refractivity contribution in [1.29, 1.82) is 0 Å². The summed E-state index contributed by atoms with van der Waals surface area (Å²) in [5, 5.41) is 2.61. The summed E-state index contributed by atoms with van der Waals surface area (Å²) in [5.74, 6) is 1.43. The first kappa shape index (κ1) is 18.5. The molecule has 1 saturated heterocycles. The summed E-state index contributed by atoms with van der Waals surface area (Å²) in [5.41, 5.74) is 3.05. The Morgan fingerprint density at radius 1 is 1.04 bits per heavy atom. The fourth-order valence-corrected chi connectivity index (χ4v) is 3.65. The van der Waals surface area contributed by atoms with E-state index in [4.69, 9.17) is 21.7 Å². The highest BCUT2D eigenvalue weighted by Crippen LogP contribution is 2.29. The normalized spacial score (nSPS) is 15.2. The third-order valence-electron chi connectivity index (χ3n) is 3.84. The van der Waals surface area contributed by atoms with Crippen molar-refractivity contribution in [3.63, 3.8) is 0 Å². The highest BCUT2D eigenvalue weighted by molar-refractivity contribution is 8.26. The first-order chi connectivity index (χ1) is 12.5. The van der Waals surface area contributed by atoms with Crippen LogP contribution in [0.4, 0.5) is 0 Å². The number of carbonyl (C=O) groups excluding carboxylic acids is 1. The predicted octanol–water partition coefficient (Wildman–Crippen LogP) is 4.25. The van der Waals surface area contributed by atoms with Crippen LogP contribution in [0, 0.1) is 13.8 Å². The Morgan fingerprint density at radius 2 is 1.73 bits per heavy atom. The molecule has 4 nitrogen and oxygen atoms in total. The molecule has 1 N–H and O–H groups in total. The third kappa shape index (κ3) is 4.45. The molecule has 0 spiro atoms. The summed E-state index contributed by atoms with van der Waals surface area (Å²) in [6, 6.07) is 13.7. The van der Waals surface area contributed by atoms with Crippen molar-refractivity contribution in [1.82, 2.24) is 5.32 Å². The maximum atomic E-state index is 11.8. The topological polar surface area (TPSA) is 47.6 Å². The number of thioether (sulfide) groups is 1. The first-order valence-electron chi connectivity index (χ1n) is 8.20. The van der Waals surface area contributed by atoms with Gasteiger partial charge in [-0.2, -0.15) is 0 Å². The number of ether oxygens (including phenoxy) is 2. The summed E-state index contributed by atoms with van der Waals surface area (Å²) in [6.45, 7) is 4.90. The summed E-state index contributed by atoms with van der Waals surface area (Å²) in [6.07, 6.45) is 1.79. The second-order valence-corrected chi connectivity index (χ2v) is 7.53. The van der Waals surface area contributed by atoms with E-state index in [-0.39, 0.29) is 5.91 Å². The molecule has 1 fully saturated rings. The Bertz CT molecular complexity index is 857. The van der Waals surface area contributed by atoms with Crippen molar-refractivity contribution in [3.8, 4) is 11.5 Å². The molecule has 1 heterocycles. The lowest BCUT2D eigenvalue weighted by atomic mass is 10.1. The van der Waals surface area contributed by atoms with Gasteiger partial charge in [-0.15, -0.1) is 0 Å². The maximum Gasteiger partial charge on any atom is 0.263 e. The number of nitrogens with one attached hydrogen (secondary N) is 1. The van der Waals surface area contributed by atoms with Gasteiger partial charge in [0.1, 0.15) is 29.0 Å². The number of para-hydroxylation sites is 2. The molecule has 0 aromatic heterocycles. The van der Waals surface area contributed by atoms with E-state index >= 15 is 0 Å². The molecular formula is C20H19NO3S2. The zero-order valence-electron chi connectivity index (χ0n) is 14.6. The molecule has 0 saturated carbocycles. The van der Waals surface area contributed by atoms with Crippen LogP contribution >= 0.6 is 24.0 Å². The van der Waals surface area contributed by atoms with Crippen LogP contribution in [0.3, 0.4) is 0 Å². The number of rotatable bonds is 6. The third-order valence-corrected chi connectivity index (χ3v) is 5.01. The van der Waals surface area contributed by atoms with Gasteiger partial charge in [-0.05, 0) is 37.1 Å². The minimum absolute atomic E-state index is 0.173. The Labute approximate surface area is 162 Å². The molecule has 134 valence electrons. The lowest BCUT2D eigenvalue weighted by Gasteiger charge is -2.13. The van der Waals surface area contributed by atoms with E-state index in [1.807, 2.05) is 56.3 Å². The lowest BCUT2D eigenvalue weighted by Crippen LogP contribution is -2.17. The van der Waals surface area contributed by atoms with Crippen LogP contribution in [0.2, 0.25) is 0 Å². The van der Waals surface area contributed by atoms with Gasteiger partial charge in [0.2, 0.25) is 0 Å². The molecule has 1 amide bonds. The van der Waals surface area contributed by atoms with Gasteiger partial charge in [-0.1, -0.05) is 60.4 Å². The number of thiocarbonyl (C=S) groups is 1. The molecule has 0 unspecified atom stereocenters. The minimum Gasteiger partial charge on any atom is -0.489 e. The maximum absolute atomic E-state index is 11.8. The van der Waals surface area contributed by atoms with Gasteiger partial charge in [0.15, 0.2) is 0 Å². The van der Waals surface area contributed by atoms with Crippen molar-refractivity contribution in [3.05, 3.63) is 64.1 Å². The monoisotopic (exact) mass is 385 g/mol. The van der Waals surface area contributed by atoms with Crippen LogP contribution in [0.25, 0.3) is 6.08 Å². The first-order valence-corrected chi connectivity index (χ1v) is 9.43. The second kappa shape index (κ2) is 8.38. The van der Waals surface area contributed by atoms with E-state index in [0.717, 1.165) is 22.4 Å². The lowest BCUT2D eigenvalue weighted by molar-refractivity contribution is -0.115. The average Bonchev–Trinajstić information content (AvgIpc) is 2.92. The van der Waals surface area contributed by atoms with Crippen LogP contribution < -0.4 is 14.8 Å². The molecule has 2 aromatic rings. The number of hydrogen-bond acceptors (Lipinski definition) is 5. The Kier molecular flexibility index (Phi) is 5.96. The molecule has 0 bridgehead atoms. The standard InChI is InChI=1S/C20H19NO3S2/c1-13-6-5-7-14(2)18(13)24-11-10-23-16-9-4-3-8-15(16)12-17-19(22)21-20(25)26-17/h3-9,12H,10-11H2,1-2H3,(H,21,22,25)/b17-12-. The summed E-state index contributed by atoms with van der Waals surface area (Å²) in [7, 11) is 0. The molecule has 0 aliphatic carbocycles.